The molecule has 0 bridgehead atoms. The van der Waals surface area contributed by atoms with Crippen LogP contribution in [0.4, 0.5) is 9.59 Å². The first kappa shape index (κ1) is 29.1. The molecule has 0 saturated heterocycles. The fourth-order valence-corrected chi connectivity index (χ4v) is 1.21. The molecule has 0 aliphatic carbocycles. The number of carbonyl (C=O) groups excluding carboxylic acids is 2. The number of hydrogen-bond donors (Lipinski definition) is 4. The summed E-state index contributed by atoms with van der Waals surface area (Å²) in [5.74, 6) is 0. The van der Waals surface area contributed by atoms with Crippen molar-refractivity contribution in [2.45, 2.75) is 12.8 Å². The van der Waals surface area contributed by atoms with E-state index in [-0.39, 0.29) is 24.8 Å². The van der Waals surface area contributed by atoms with Gasteiger partial charge in [0.2, 0.25) is 0 Å². The van der Waals surface area contributed by atoms with Crippen molar-refractivity contribution in [1.82, 2.24) is 20.4 Å². The van der Waals surface area contributed by atoms with Crippen LogP contribution in [0.2, 0.25) is 0 Å². The molecule has 0 aliphatic heterocycles. The predicted octanol–water partition coefficient (Wildman–Crippen LogP) is 0.0564. The molecule has 0 aromatic carbocycles. The molecule has 6 N–H and O–H groups in total. The molecule has 8 nitrogen and oxygen atoms in total. The molecule has 0 rings (SSSR count). The van der Waals surface area contributed by atoms with Crippen molar-refractivity contribution in [2.24, 2.45) is 11.5 Å². The molecule has 0 radical (unpaired) electrons. The van der Waals surface area contributed by atoms with Crippen LogP contribution < -0.4 is 22.1 Å². The molecule has 4 amide bonds. The maximum atomic E-state index is 10.1. The maximum absolute atomic E-state index is 10.1. The number of hydrogen-bond acceptors (Lipinski definition) is 4. The van der Waals surface area contributed by atoms with Crippen molar-refractivity contribution >= 4 is 36.9 Å². The first-order valence-corrected chi connectivity index (χ1v) is 6.61. The fraction of sp³-hybridized carbons (Fsp3) is 0.833. The van der Waals surface area contributed by atoms with E-state index in [0.717, 1.165) is 25.9 Å². The molecule has 0 saturated carbocycles. The summed E-state index contributed by atoms with van der Waals surface area (Å²) in [5, 5.41) is 5.03. The predicted molar refractivity (Wildman–Crippen MR) is 96.0 cm³/mol. The van der Waals surface area contributed by atoms with Crippen LogP contribution in [0, 0.1) is 0 Å². The Morgan fingerprint density at radius 2 is 1.05 bits per heavy atom. The Morgan fingerprint density at radius 1 is 0.773 bits per heavy atom. The number of urea groups is 2. The number of nitrogens with zero attached hydrogens (tertiary/aromatic N) is 2. The summed E-state index contributed by atoms with van der Waals surface area (Å²) in [6.07, 6.45) is 1.88. The molecule has 0 aromatic rings. The van der Waals surface area contributed by atoms with Gasteiger partial charge in [0.05, 0.1) is 0 Å². The van der Waals surface area contributed by atoms with Crippen molar-refractivity contribution in [1.29, 1.82) is 0 Å². The van der Waals surface area contributed by atoms with Crippen LogP contribution in [0.1, 0.15) is 12.8 Å². The summed E-state index contributed by atoms with van der Waals surface area (Å²) in [7, 11) is 7.96. The molecule has 0 aliphatic rings. The lowest BCUT2D eigenvalue weighted by molar-refractivity contribution is 0.247. The summed E-state index contributed by atoms with van der Waals surface area (Å²) in [6, 6.07) is -0.891. The molecule has 0 spiro atoms. The van der Waals surface area contributed by atoms with Crippen LogP contribution >= 0.6 is 24.8 Å². The highest BCUT2D eigenvalue weighted by Crippen LogP contribution is 1.80. The van der Waals surface area contributed by atoms with Gasteiger partial charge in [-0.2, -0.15) is 0 Å². The van der Waals surface area contributed by atoms with Gasteiger partial charge in [0.25, 0.3) is 0 Å². The smallest absolute Gasteiger partial charge is 0.312 e. The maximum Gasteiger partial charge on any atom is 0.312 e. The Balaban J connectivity index is -0.000000135. The summed E-state index contributed by atoms with van der Waals surface area (Å²) >= 11 is 0. The number of nitrogens with one attached hydrogen (secondary N) is 2. The highest BCUT2D eigenvalue weighted by atomic mass is 35.5. The lowest BCUT2D eigenvalue weighted by Crippen LogP contribution is -2.31. The van der Waals surface area contributed by atoms with E-state index in [0.29, 0.717) is 13.1 Å². The van der Waals surface area contributed by atoms with E-state index in [1.807, 2.05) is 28.2 Å². The zero-order chi connectivity index (χ0) is 16.0. The molecule has 136 valence electrons. The van der Waals surface area contributed by atoms with Gasteiger partial charge in [0, 0.05) is 13.1 Å². The van der Waals surface area contributed by atoms with Gasteiger partial charge in [-0.1, -0.05) is 0 Å². The quantitative estimate of drug-likeness (QED) is 0.456. The van der Waals surface area contributed by atoms with Crippen molar-refractivity contribution in [3.8, 4) is 0 Å². The van der Waals surface area contributed by atoms with E-state index in [2.05, 4.69) is 20.4 Å². The van der Waals surface area contributed by atoms with Gasteiger partial charge in [-0.15, -0.1) is 24.8 Å². The summed E-state index contributed by atoms with van der Waals surface area (Å²) in [4.78, 5) is 24.4. The van der Waals surface area contributed by atoms with Gasteiger partial charge in [-0.25, -0.2) is 9.59 Å². The second kappa shape index (κ2) is 20.0. The molecule has 0 aromatic heterocycles. The minimum atomic E-state index is -0.446. The SMILES string of the molecule is CN(C)CCCNC(N)=O.CN(C)CCCNC(N)=O.Cl.Cl. The molecule has 10 heteroatoms. The monoisotopic (exact) mass is 362 g/mol. The molecule has 0 unspecified atom stereocenters. The number of rotatable bonds is 8. The molecular formula is C12H32Cl2N6O2. The number of nitrogens with two attached hydrogens (primary N) is 2. The second-order valence-corrected chi connectivity index (χ2v) is 4.90. The third-order valence-electron chi connectivity index (χ3n) is 2.16. The highest BCUT2D eigenvalue weighted by molar-refractivity contribution is 5.85. The normalized spacial score (nSPS) is 9.00. The number of primary amides is 2. The van der Waals surface area contributed by atoms with E-state index in [1.165, 1.54) is 0 Å². The molecule has 22 heavy (non-hydrogen) atoms. The standard InChI is InChI=1S/2C6H15N3O.2ClH/c2*1-9(2)5-3-4-8-6(7)10;;/h2*3-5H2,1-2H3,(H3,7,8,10);2*1H. The van der Waals surface area contributed by atoms with E-state index >= 15 is 0 Å². The van der Waals surface area contributed by atoms with E-state index < -0.39 is 12.1 Å². The minimum Gasteiger partial charge on any atom is -0.352 e. The number of amides is 4. The molecular weight excluding hydrogens is 331 g/mol. The Labute approximate surface area is 146 Å². The first-order valence-electron chi connectivity index (χ1n) is 6.61. The van der Waals surface area contributed by atoms with Gasteiger partial charge in [-0.3, -0.25) is 0 Å². The third-order valence-corrected chi connectivity index (χ3v) is 2.16. The fourth-order valence-electron chi connectivity index (χ4n) is 1.21. The summed E-state index contributed by atoms with van der Waals surface area (Å²) in [5.41, 5.74) is 9.69. The van der Waals surface area contributed by atoms with Crippen LogP contribution in [-0.4, -0.2) is 76.2 Å². The van der Waals surface area contributed by atoms with E-state index in [9.17, 15) is 9.59 Å². The largest absolute Gasteiger partial charge is 0.352 e. The van der Waals surface area contributed by atoms with Gasteiger partial charge < -0.3 is 31.9 Å². The number of halogens is 2. The average Bonchev–Trinajstić information content (AvgIpc) is 2.30. The Hall–Kier alpha value is -0.960. The lowest BCUT2D eigenvalue weighted by atomic mass is 10.4. The second-order valence-electron chi connectivity index (χ2n) is 4.90. The van der Waals surface area contributed by atoms with Crippen molar-refractivity contribution in [3.05, 3.63) is 0 Å². The topological polar surface area (TPSA) is 117 Å². The Kier molecular flexibility index (Phi) is 26.5. The number of carbonyl (C=O) groups is 2. The van der Waals surface area contributed by atoms with Gasteiger partial charge in [0.1, 0.15) is 0 Å². The summed E-state index contributed by atoms with van der Waals surface area (Å²) < 4.78 is 0. The average molecular weight is 363 g/mol. The Morgan fingerprint density at radius 3 is 1.23 bits per heavy atom. The van der Waals surface area contributed by atoms with E-state index in [1.54, 1.807) is 0 Å². The van der Waals surface area contributed by atoms with Crippen LogP contribution in [-0.2, 0) is 0 Å². The van der Waals surface area contributed by atoms with Crippen LogP contribution in [0.3, 0.4) is 0 Å². The minimum absolute atomic E-state index is 0. The summed E-state index contributed by atoms with van der Waals surface area (Å²) in [6.45, 7) is 3.27. The van der Waals surface area contributed by atoms with Crippen LogP contribution in [0.15, 0.2) is 0 Å². The van der Waals surface area contributed by atoms with Crippen molar-refractivity contribution in [2.75, 3.05) is 54.4 Å². The molecule has 0 atom stereocenters. The van der Waals surface area contributed by atoms with Crippen molar-refractivity contribution in [3.63, 3.8) is 0 Å². The van der Waals surface area contributed by atoms with Gasteiger partial charge >= 0.3 is 12.1 Å². The van der Waals surface area contributed by atoms with Gasteiger partial charge in [-0.05, 0) is 54.1 Å². The molecule has 0 heterocycles. The zero-order valence-electron chi connectivity index (χ0n) is 13.9. The van der Waals surface area contributed by atoms with Crippen LogP contribution in [0.5, 0.6) is 0 Å². The third kappa shape index (κ3) is 36.4. The van der Waals surface area contributed by atoms with E-state index in [4.69, 9.17) is 11.5 Å². The van der Waals surface area contributed by atoms with Crippen LogP contribution in [0.25, 0.3) is 0 Å². The zero-order valence-corrected chi connectivity index (χ0v) is 15.6. The Bertz CT molecular complexity index is 242. The van der Waals surface area contributed by atoms with Crippen molar-refractivity contribution < 1.29 is 9.59 Å². The lowest BCUT2D eigenvalue weighted by Gasteiger charge is -2.08. The highest BCUT2D eigenvalue weighted by Gasteiger charge is 1.92. The van der Waals surface area contributed by atoms with Gasteiger partial charge in [0.15, 0.2) is 0 Å². The molecule has 0 fully saturated rings. The first-order chi connectivity index (χ1) is 9.25.